The minimum Gasteiger partial charge on any atom is -0.493 e. The third-order valence-corrected chi connectivity index (χ3v) is 3.36. The van der Waals surface area contributed by atoms with Crippen molar-refractivity contribution in [2.24, 2.45) is 5.92 Å². The number of nitrogens with zero attached hydrogens (tertiary/aromatic N) is 2. The Balaban J connectivity index is 2.52. The average Bonchev–Trinajstić information content (AvgIpc) is 2.68. The molecule has 1 N–H and O–H groups in total. The van der Waals surface area contributed by atoms with E-state index >= 15 is 0 Å². The average molecular weight is 272 g/mol. The van der Waals surface area contributed by atoms with Crippen molar-refractivity contribution in [2.75, 3.05) is 0 Å². The maximum atomic E-state index is 10.4. The van der Waals surface area contributed by atoms with Crippen LogP contribution >= 0.6 is 0 Å². The molecule has 3 heteroatoms. The van der Waals surface area contributed by atoms with Crippen molar-refractivity contribution in [1.29, 1.82) is 0 Å². The van der Waals surface area contributed by atoms with E-state index in [9.17, 15) is 5.11 Å². The second-order valence-electron chi connectivity index (χ2n) is 5.84. The zero-order chi connectivity index (χ0) is 14.7. The number of aromatic hydroxyl groups is 1. The summed E-state index contributed by atoms with van der Waals surface area (Å²) in [6.07, 6.45) is 1.81. The summed E-state index contributed by atoms with van der Waals surface area (Å²) < 4.78 is 1.73. The summed E-state index contributed by atoms with van der Waals surface area (Å²) >= 11 is 0. The van der Waals surface area contributed by atoms with Gasteiger partial charge in [-0.2, -0.15) is 5.10 Å². The highest BCUT2D eigenvalue weighted by Crippen LogP contribution is 2.32. The molecule has 0 bridgehead atoms. The maximum Gasteiger partial charge on any atom is 0.213 e. The SMILES string of the molecule is CCCn1nc(-c2cccc(C)c2)c(CC(C)C)c1O. The van der Waals surface area contributed by atoms with E-state index in [2.05, 4.69) is 51.0 Å². The lowest BCUT2D eigenvalue weighted by Gasteiger charge is -2.06. The Labute approximate surface area is 121 Å². The summed E-state index contributed by atoms with van der Waals surface area (Å²) in [6.45, 7) is 9.25. The summed E-state index contributed by atoms with van der Waals surface area (Å²) in [4.78, 5) is 0. The fraction of sp³-hybridized carbons (Fsp3) is 0.471. The third kappa shape index (κ3) is 3.03. The minimum atomic E-state index is 0.331. The minimum absolute atomic E-state index is 0.331. The van der Waals surface area contributed by atoms with E-state index in [1.54, 1.807) is 4.68 Å². The van der Waals surface area contributed by atoms with Crippen LogP contribution in [-0.4, -0.2) is 14.9 Å². The van der Waals surface area contributed by atoms with Crippen LogP contribution in [-0.2, 0) is 13.0 Å². The van der Waals surface area contributed by atoms with Gasteiger partial charge in [-0.05, 0) is 31.7 Å². The van der Waals surface area contributed by atoms with E-state index in [1.807, 2.05) is 6.07 Å². The van der Waals surface area contributed by atoms with Gasteiger partial charge >= 0.3 is 0 Å². The number of aromatic nitrogens is 2. The van der Waals surface area contributed by atoms with Crippen LogP contribution in [0.4, 0.5) is 0 Å². The van der Waals surface area contributed by atoms with Gasteiger partial charge in [-0.3, -0.25) is 0 Å². The van der Waals surface area contributed by atoms with E-state index in [4.69, 9.17) is 0 Å². The van der Waals surface area contributed by atoms with Gasteiger partial charge in [0.05, 0.1) is 5.69 Å². The van der Waals surface area contributed by atoms with Crippen LogP contribution in [0.15, 0.2) is 24.3 Å². The number of benzene rings is 1. The maximum absolute atomic E-state index is 10.4. The van der Waals surface area contributed by atoms with Gasteiger partial charge in [0, 0.05) is 17.7 Å². The molecule has 1 heterocycles. The highest BCUT2D eigenvalue weighted by Gasteiger charge is 2.19. The van der Waals surface area contributed by atoms with Crippen LogP contribution in [0.2, 0.25) is 0 Å². The molecule has 3 nitrogen and oxygen atoms in total. The molecule has 20 heavy (non-hydrogen) atoms. The van der Waals surface area contributed by atoms with Gasteiger partial charge in [0.15, 0.2) is 0 Å². The zero-order valence-electron chi connectivity index (χ0n) is 12.8. The normalized spacial score (nSPS) is 11.2. The van der Waals surface area contributed by atoms with Gasteiger partial charge in [-0.25, -0.2) is 4.68 Å². The van der Waals surface area contributed by atoms with Crippen molar-refractivity contribution < 1.29 is 5.11 Å². The highest BCUT2D eigenvalue weighted by molar-refractivity contribution is 5.66. The zero-order valence-corrected chi connectivity index (χ0v) is 12.8. The van der Waals surface area contributed by atoms with Crippen molar-refractivity contribution in [3.8, 4) is 17.1 Å². The topological polar surface area (TPSA) is 38.0 Å². The molecule has 2 aromatic rings. The number of hydrogen-bond donors (Lipinski definition) is 1. The molecule has 0 amide bonds. The molecule has 1 aromatic heterocycles. The van der Waals surface area contributed by atoms with Crippen molar-refractivity contribution in [2.45, 2.75) is 47.1 Å². The number of rotatable bonds is 5. The summed E-state index contributed by atoms with van der Waals surface area (Å²) in [5, 5.41) is 15.1. The first-order valence-corrected chi connectivity index (χ1v) is 7.38. The first-order chi connectivity index (χ1) is 9.52. The van der Waals surface area contributed by atoms with Crippen LogP contribution in [0.3, 0.4) is 0 Å². The summed E-state index contributed by atoms with van der Waals surface area (Å²) in [5.41, 5.74) is 4.20. The monoisotopic (exact) mass is 272 g/mol. The second-order valence-corrected chi connectivity index (χ2v) is 5.84. The van der Waals surface area contributed by atoms with Gasteiger partial charge in [-0.15, -0.1) is 0 Å². The molecule has 0 spiro atoms. The Morgan fingerprint density at radius 2 is 2.05 bits per heavy atom. The lowest BCUT2D eigenvalue weighted by Crippen LogP contribution is -1.98. The van der Waals surface area contributed by atoms with E-state index in [1.165, 1.54) is 5.56 Å². The molecule has 0 fully saturated rings. The van der Waals surface area contributed by atoms with Crippen molar-refractivity contribution in [3.63, 3.8) is 0 Å². The molecule has 108 valence electrons. The third-order valence-electron chi connectivity index (χ3n) is 3.36. The van der Waals surface area contributed by atoms with Crippen LogP contribution < -0.4 is 0 Å². The number of aryl methyl sites for hydroxylation is 2. The van der Waals surface area contributed by atoms with Gasteiger partial charge < -0.3 is 5.11 Å². The largest absolute Gasteiger partial charge is 0.493 e. The Bertz CT molecular complexity index is 585. The molecule has 0 unspecified atom stereocenters. The lowest BCUT2D eigenvalue weighted by molar-refractivity contribution is 0.390. The number of hydrogen-bond acceptors (Lipinski definition) is 2. The predicted molar refractivity (Wildman–Crippen MR) is 82.9 cm³/mol. The fourth-order valence-electron chi connectivity index (χ4n) is 2.48. The molecule has 0 atom stereocenters. The van der Waals surface area contributed by atoms with E-state index in [0.717, 1.165) is 36.2 Å². The first kappa shape index (κ1) is 14.6. The Morgan fingerprint density at radius 3 is 2.65 bits per heavy atom. The molecule has 0 aliphatic carbocycles. The Kier molecular flexibility index (Phi) is 4.48. The van der Waals surface area contributed by atoms with Gasteiger partial charge in [0.2, 0.25) is 5.88 Å². The molecular formula is C17H24N2O. The summed E-state index contributed by atoms with van der Waals surface area (Å²) in [7, 11) is 0. The van der Waals surface area contributed by atoms with E-state index in [-0.39, 0.29) is 0 Å². The first-order valence-electron chi connectivity index (χ1n) is 7.38. The molecule has 0 saturated carbocycles. The van der Waals surface area contributed by atoms with E-state index in [0.29, 0.717) is 11.8 Å². The van der Waals surface area contributed by atoms with Crippen molar-refractivity contribution in [1.82, 2.24) is 9.78 Å². The fourth-order valence-corrected chi connectivity index (χ4v) is 2.48. The molecule has 2 rings (SSSR count). The standard InChI is InChI=1S/C17H24N2O/c1-5-9-19-17(20)15(10-12(2)3)16(18-19)14-8-6-7-13(4)11-14/h6-8,11-12,20H,5,9-10H2,1-4H3. The highest BCUT2D eigenvalue weighted by atomic mass is 16.3. The van der Waals surface area contributed by atoms with Gasteiger partial charge in [0.25, 0.3) is 0 Å². The van der Waals surface area contributed by atoms with E-state index < -0.39 is 0 Å². The Hall–Kier alpha value is -1.77. The molecule has 0 aliphatic heterocycles. The summed E-state index contributed by atoms with van der Waals surface area (Å²) in [6, 6.07) is 8.31. The Morgan fingerprint density at radius 1 is 1.30 bits per heavy atom. The van der Waals surface area contributed by atoms with Crippen LogP contribution in [0.25, 0.3) is 11.3 Å². The van der Waals surface area contributed by atoms with Gasteiger partial charge in [0.1, 0.15) is 0 Å². The smallest absolute Gasteiger partial charge is 0.213 e. The van der Waals surface area contributed by atoms with Crippen LogP contribution in [0.5, 0.6) is 5.88 Å². The van der Waals surface area contributed by atoms with Crippen LogP contribution in [0, 0.1) is 12.8 Å². The molecule has 0 radical (unpaired) electrons. The molecule has 0 aliphatic rings. The predicted octanol–water partition coefficient (Wildman–Crippen LogP) is 4.17. The molecule has 0 saturated heterocycles. The molecule has 1 aromatic carbocycles. The van der Waals surface area contributed by atoms with Gasteiger partial charge in [-0.1, -0.05) is 44.5 Å². The second kappa shape index (κ2) is 6.12. The van der Waals surface area contributed by atoms with Crippen molar-refractivity contribution in [3.05, 3.63) is 35.4 Å². The quantitative estimate of drug-likeness (QED) is 0.887. The molecular weight excluding hydrogens is 248 g/mol. The summed E-state index contributed by atoms with van der Waals surface area (Å²) in [5.74, 6) is 0.820. The van der Waals surface area contributed by atoms with Crippen LogP contribution in [0.1, 0.15) is 38.3 Å². The lowest BCUT2D eigenvalue weighted by atomic mass is 9.99. The van der Waals surface area contributed by atoms with Crippen molar-refractivity contribution >= 4 is 0 Å².